The fourth-order valence-corrected chi connectivity index (χ4v) is 3.18. The van der Waals surface area contributed by atoms with E-state index in [1.165, 1.54) is 36.4 Å². The van der Waals surface area contributed by atoms with Crippen molar-refractivity contribution < 1.29 is 22.4 Å². The number of carbonyl (C=O) groups excluding carboxylic acids is 2. The summed E-state index contributed by atoms with van der Waals surface area (Å²) < 4.78 is 37.4. The molecule has 2 rings (SSSR count). The van der Waals surface area contributed by atoms with E-state index in [0.29, 0.717) is 17.1 Å². The summed E-state index contributed by atoms with van der Waals surface area (Å²) in [6.07, 6.45) is 1.05. The molecule has 3 N–H and O–H groups in total. The third kappa shape index (κ3) is 8.09. The SMILES string of the molecule is CS(=O)(=O)Nc1ccc(NC(=O)CSCC(=O)Nc2ccc(F)cc2)cc1. The molecule has 7 nitrogen and oxygen atoms in total. The number of carbonyl (C=O) groups is 2. The van der Waals surface area contributed by atoms with Crippen LogP contribution in [0.15, 0.2) is 48.5 Å². The number of benzene rings is 2. The first kappa shape index (κ1) is 20.7. The summed E-state index contributed by atoms with van der Waals surface area (Å²) in [6, 6.07) is 11.6. The maximum Gasteiger partial charge on any atom is 0.234 e. The van der Waals surface area contributed by atoms with Crippen LogP contribution < -0.4 is 15.4 Å². The van der Waals surface area contributed by atoms with E-state index in [1.54, 1.807) is 12.1 Å². The lowest BCUT2D eigenvalue weighted by Crippen LogP contribution is -2.18. The van der Waals surface area contributed by atoms with Crippen molar-refractivity contribution in [1.82, 2.24) is 0 Å². The minimum absolute atomic E-state index is 0.0696. The van der Waals surface area contributed by atoms with Gasteiger partial charge in [0.15, 0.2) is 0 Å². The number of sulfonamides is 1. The van der Waals surface area contributed by atoms with Crippen molar-refractivity contribution in [3.05, 3.63) is 54.3 Å². The fourth-order valence-electron chi connectivity index (χ4n) is 2.00. The number of nitrogens with one attached hydrogen (secondary N) is 3. The first-order valence-corrected chi connectivity index (χ1v) is 10.8. The second-order valence-electron chi connectivity index (χ2n) is 5.55. The molecule has 0 saturated carbocycles. The van der Waals surface area contributed by atoms with Gasteiger partial charge in [-0.15, -0.1) is 11.8 Å². The summed E-state index contributed by atoms with van der Waals surface area (Å²) in [5, 5.41) is 5.25. The van der Waals surface area contributed by atoms with Gasteiger partial charge in [0.1, 0.15) is 5.82 Å². The molecule has 27 heavy (non-hydrogen) atoms. The zero-order chi connectivity index (χ0) is 19.9. The Bertz CT molecular complexity index is 901. The van der Waals surface area contributed by atoms with Crippen molar-refractivity contribution in [2.24, 2.45) is 0 Å². The molecule has 0 heterocycles. The molecule has 144 valence electrons. The average molecular weight is 411 g/mol. The van der Waals surface area contributed by atoms with Gasteiger partial charge in [0.05, 0.1) is 17.8 Å². The lowest BCUT2D eigenvalue weighted by Gasteiger charge is -2.08. The van der Waals surface area contributed by atoms with E-state index in [0.717, 1.165) is 18.0 Å². The smallest absolute Gasteiger partial charge is 0.234 e. The normalized spacial score (nSPS) is 10.9. The maximum absolute atomic E-state index is 12.8. The molecule has 2 aromatic carbocycles. The molecule has 0 aliphatic rings. The van der Waals surface area contributed by atoms with Gasteiger partial charge in [0, 0.05) is 17.1 Å². The van der Waals surface area contributed by atoms with Crippen molar-refractivity contribution in [2.45, 2.75) is 0 Å². The molecule has 0 bridgehead atoms. The number of hydrogen-bond acceptors (Lipinski definition) is 5. The Balaban J connectivity index is 1.72. The second-order valence-corrected chi connectivity index (χ2v) is 8.28. The highest BCUT2D eigenvalue weighted by molar-refractivity contribution is 8.00. The van der Waals surface area contributed by atoms with Crippen LogP contribution in [0.2, 0.25) is 0 Å². The van der Waals surface area contributed by atoms with E-state index < -0.39 is 10.0 Å². The van der Waals surface area contributed by atoms with Gasteiger partial charge in [-0.05, 0) is 48.5 Å². The highest BCUT2D eigenvalue weighted by Gasteiger charge is 2.07. The van der Waals surface area contributed by atoms with Crippen molar-refractivity contribution in [1.29, 1.82) is 0 Å². The Morgan fingerprint density at radius 2 is 1.26 bits per heavy atom. The minimum Gasteiger partial charge on any atom is -0.325 e. The summed E-state index contributed by atoms with van der Waals surface area (Å²) in [5.74, 6) is -0.837. The number of amides is 2. The van der Waals surface area contributed by atoms with E-state index >= 15 is 0 Å². The van der Waals surface area contributed by atoms with Crippen LogP contribution in [0.3, 0.4) is 0 Å². The van der Waals surface area contributed by atoms with Gasteiger partial charge in [-0.1, -0.05) is 0 Å². The summed E-state index contributed by atoms with van der Waals surface area (Å²) in [7, 11) is -3.36. The van der Waals surface area contributed by atoms with Gasteiger partial charge in [-0.2, -0.15) is 0 Å². The first-order chi connectivity index (χ1) is 12.7. The standard InChI is InChI=1S/C17H18FN3O4S2/c1-27(24,25)21-15-8-6-14(7-9-15)20-17(23)11-26-10-16(22)19-13-4-2-12(18)3-5-13/h2-9,21H,10-11H2,1H3,(H,19,22)(H,20,23). The third-order valence-electron chi connectivity index (χ3n) is 3.07. The molecule has 2 aromatic rings. The van der Waals surface area contributed by atoms with Crippen molar-refractivity contribution in [2.75, 3.05) is 33.1 Å². The lowest BCUT2D eigenvalue weighted by atomic mass is 10.3. The highest BCUT2D eigenvalue weighted by atomic mass is 32.2. The van der Waals surface area contributed by atoms with Crippen molar-refractivity contribution in [3.63, 3.8) is 0 Å². The van der Waals surface area contributed by atoms with Crippen LogP contribution in [0.5, 0.6) is 0 Å². The molecule has 0 fully saturated rings. The summed E-state index contributed by atoms with van der Waals surface area (Å²) >= 11 is 1.13. The molecule has 0 saturated heterocycles. The molecule has 0 aromatic heterocycles. The van der Waals surface area contributed by atoms with Crippen LogP contribution in [0, 0.1) is 5.82 Å². The molecule has 0 aliphatic heterocycles. The van der Waals surface area contributed by atoms with Crippen LogP contribution in [0.4, 0.5) is 21.5 Å². The topological polar surface area (TPSA) is 104 Å². The number of rotatable bonds is 8. The van der Waals surface area contributed by atoms with E-state index in [9.17, 15) is 22.4 Å². The number of halogens is 1. The second kappa shape index (κ2) is 9.38. The quantitative estimate of drug-likeness (QED) is 0.619. The van der Waals surface area contributed by atoms with Gasteiger partial charge in [0.25, 0.3) is 0 Å². The zero-order valence-electron chi connectivity index (χ0n) is 14.4. The third-order valence-corrected chi connectivity index (χ3v) is 4.61. The first-order valence-electron chi connectivity index (χ1n) is 7.72. The maximum atomic E-state index is 12.8. The van der Waals surface area contributed by atoms with Crippen molar-refractivity contribution >= 4 is 50.7 Å². The number of thioether (sulfide) groups is 1. The van der Waals surface area contributed by atoms with Crippen LogP contribution in [-0.4, -0.2) is 38.0 Å². The predicted molar refractivity (Wildman–Crippen MR) is 106 cm³/mol. The Morgan fingerprint density at radius 1 is 0.852 bits per heavy atom. The molecular weight excluding hydrogens is 393 g/mol. The van der Waals surface area contributed by atoms with Crippen molar-refractivity contribution in [3.8, 4) is 0 Å². The van der Waals surface area contributed by atoms with Crippen LogP contribution in [0.25, 0.3) is 0 Å². The Hall–Kier alpha value is -2.59. The van der Waals surface area contributed by atoms with Gasteiger partial charge in [-0.25, -0.2) is 12.8 Å². The summed E-state index contributed by atoms with van der Waals surface area (Å²) in [4.78, 5) is 23.7. The number of anilines is 3. The summed E-state index contributed by atoms with van der Waals surface area (Å²) in [5.41, 5.74) is 1.38. The highest BCUT2D eigenvalue weighted by Crippen LogP contribution is 2.15. The van der Waals surface area contributed by atoms with E-state index in [-0.39, 0.29) is 29.1 Å². The van der Waals surface area contributed by atoms with E-state index in [1.807, 2.05) is 0 Å². The molecule has 0 spiro atoms. The van der Waals surface area contributed by atoms with Crippen LogP contribution in [-0.2, 0) is 19.6 Å². The number of hydrogen-bond donors (Lipinski definition) is 3. The monoisotopic (exact) mass is 411 g/mol. The van der Waals surface area contributed by atoms with Gasteiger partial charge < -0.3 is 10.6 Å². The Kier molecular flexibility index (Phi) is 7.19. The summed E-state index contributed by atoms with van der Waals surface area (Å²) in [6.45, 7) is 0. The Morgan fingerprint density at radius 3 is 1.70 bits per heavy atom. The molecule has 0 radical (unpaired) electrons. The average Bonchev–Trinajstić information content (AvgIpc) is 2.57. The lowest BCUT2D eigenvalue weighted by molar-refractivity contribution is -0.114. The van der Waals surface area contributed by atoms with E-state index in [4.69, 9.17) is 0 Å². The van der Waals surface area contributed by atoms with Crippen LogP contribution >= 0.6 is 11.8 Å². The fraction of sp³-hybridized carbons (Fsp3) is 0.176. The minimum atomic E-state index is -3.36. The Labute approximate surface area is 160 Å². The van der Waals surface area contributed by atoms with Gasteiger partial charge in [0.2, 0.25) is 21.8 Å². The largest absolute Gasteiger partial charge is 0.325 e. The van der Waals surface area contributed by atoms with Gasteiger partial charge >= 0.3 is 0 Å². The molecule has 0 atom stereocenters. The molecular formula is C17H18FN3O4S2. The molecule has 2 amide bonds. The van der Waals surface area contributed by atoms with Gasteiger partial charge in [-0.3, -0.25) is 14.3 Å². The molecule has 0 aliphatic carbocycles. The molecule has 0 unspecified atom stereocenters. The van der Waals surface area contributed by atoms with E-state index in [2.05, 4.69) is 15.4 Å². The zero-order valence-corrected chi connectivity index (χ0v) is 16.0. The predicted octanol–water partition coefficient (Wildman–Crippen LogP) is 2.51. The van der Waals surface area contributed by atoms with Crippen LogP contribution in [0.1, 0.15) is 0 Å². The molecule has 10 heteroatoms.